The Hall–Kier alpha value is -0.380. The molecule has 1 aromatic rings. The SMILES string of the molecule is OC(CNC1CC1)(c1cccs1)C1CC1. The molecule has 2 fully saturated rings. The third kappa shape index (κ3) is 1.96. The summed E-state index contributed by atoms with van der Waals surface area (Å²) in [5.41, 5.74) is -0.587. The number of hydrogen-bond acceptors (Lipinski definition) is 3. The van der Waals surface area contributed by atoms with Gasteiger partial charge in [0.15, 0.2) is 0 Å². The molecule has 1 unspecified atom stereocenters. The van der Waals surface area contributed by atoms with Crippen LogP contribution in [0.5, 0.6) is 0 Å². The van der Waals surface area contributed by atoms with Crippen LogP contribution in [0.4, 0.5) is 0 Å². The minimum absolute atomic E-state index is 0.488. The van der Waals surface area contributed by atoms with Gasteiger partial charge in [-0.2, -0.15) is 0 Å². The van der Waals surface area contributed by atoms with Crippen molar-refractivity contribution < 1.29 is 5.11 Å². The van der Waals surface area contributed by atoms with Gasteiger partial charge in [-0.1, -0.05) is 6.07 Å². The van der Waals surface area contributed by atoms with Gasteiger partial charge in [0, 0.05) is 17.5 Å². The Kier molecular flexibility index (Phi) is 2.34. The molecule has 2 nitrogen and oxygen atoms in total. The highest BCUT2D eigenvalue weighted by Crippen LogP contribution is 2.47. The highest BCUT2D eigenvalue weighted by Gasteiger charge is 2.46. The zero-order valence-electron chi connectivity index (χ0n) is 8.78. The first kappa shape index (κ1) is 9.82. The Morgan fingerprint density at radius 2 is 2.20 bits per heavy atom. The van der Waals surface area contributed by atoms with Crippen molar-refractivity contribution in [3.8, 4) is 0 Å². The number of hydrogen-bond donors (Lipinski definition) is 2. The van der Waals surface area contributed by atoms with Crippen LogP contribution in [0.15, 0.2) is 17.5 Å². The molecule has 0 aromatic carbocycles. The summed E-state index contributed by atoms with van der Waals surface area (Å²) in [5, 5.41) is 16.3. The summed E-state index contributed by atoms with van der Waals surface area (Å²) in [5.74, 6) is 0.488. The Morgan fingerprint density at radius 1 is 1.40 bits per heavy atom. The number of thiophene rings is 1. The molecule has 1 atom stereocenters. The minimum Gasteiger partial charge on any atom is -0.383 e. The van der Waals surface area contributed by atoms with Gasteiger partial charge < -0.3 is 10.4 Å². The van der Waals surface area contributed by atoms with E-state index in [0.29, 0.717) is 12.0 Å². The number of rotatable bonds is 5. The van der Waals surface area contributed by atoms with Crippen LogP contribution in [-0.4, -0.2) is 17.7 Å². The zero-order valence-corrected chi connectivity index (χ0v) is 9.59. The van der Waals surface area contributed by atoms with Crippen LogP contribution in [0.2, 0.25) is 0 Å². The number of aliphatic hydroxyl groups is 1. The van der Waals surface area contributed by atoms with E-state index in [-0.39, 0.29) is 0 Å². The van der Waals surface area contributed by atoms with Crippen molar-refractivity contribution in [2.75, 3.05) is 6.54 Å². The van der Waals surface area contributed by atoms with E-state index in [1.807, 2.05) is 6.07 Å². The predicted octanol–water partition coefficient (Wildman–Crippen LogP) is 2.10. The summed E-state index contributed by atoms with van der Waals surface area (Å²) < 4.78 is 0. The van der Waals surface area contributed by atoms with Gasteiger partial charge in [-0.05, 0) is 43.0 Å². The summed E-state index contributed by atoms with van der Waals surface area (Å²) in [6, 6.07) is 4.78. The standard InChI is InChI=1S/C12H17NOS/c14-12(9-3-4-9,8-13-10-5-6-10)11-2-1-7-15-11/h1-2,7,9-10,13-14H,3-6,8H2. The lowest BCUT2D eigenvalue weighted by molar-refractivity contribution is 0.0167. The van der Waals surface area contributed by atoms with E-state index in [2.05, 4.69) is 16.8 Å². The van der Waals surface area contributed by atoms with E-state index in [4.69, 9.17) is 0 Å². The molecule has 2 saturated carbocycles. The molecule has 0 aliphatic heterocycles. The predicted molar refractivity (Wildman–Crippen MR) is 62.0 cm³/mol. The van der Waals surface area contributed by atoms with E-state index in [1.54, 1.807) is 11.3 Å². The average molecular weight is 223 g/mol. The smallest absolute Gasteiger partial charge is 0.114 e. The lowest BCUT2D eigenvalue weighted by Gasteiger charge is -2.27. The molecule has 3 heteroatoms. The molecule has 1 aromatic heterocycles. The Labute approximate surface area is 94.3 Å². The largest absolute Gasteiger partial charge is 0.383 e. The first-order valence-electron chi connectivity index (χ1n) is 5.79. The van der Waals surface area contributed by atoms with Crippen LogP contribution >= 0.6 is 11.3 Å². The van der Waals surface area contributed by atoms with Crippen molar-refractivity contribution in [2.24, 2.45) is 5.92 Å². The van der Waals surface area contributed by atoms with Crippen LogP contribution in [0.25, 0.3) is 0 Å². The summed E-state index contributed by atoms with van der Waals surface area (Å²) in [4.78, 5) is 1.14. The molecule has 82 valence electrons. The quantitative estimate of drug-likeness (QED) is 0.801. The first-order chi connectivity index (χ1) is 7.29. The number of nitrogens with one attached hydrogen (secondary N) is 1. The molecule has 0 saturated heterocycles. The van der Waals surface area contributed by atoms with E-state index in [0.717, 1.165) is 11.4 Å². The molecule has 2 aliphatic carbocycles. The highest BCUT2D eigenvalue weighted by atomic mass is 32.1. The van der Waals surface area contributed by atoms with Crippen LogP contribution in [0, 0.1) is 5.92 Å². The summed E-state index contributed by atoms with van der Waals surface area (Å²) in [6.45, 7) is 0.739. The normalized spacial score (nSPS) is 25.1. The molecule has 0 spiro atoms. The van der Waals surface area contributed by atoms with Crippen LogP contribution in [0.3, 0.4) is 0 Å². The summed E-state index contributed by atoms with van der Waals surface area (Å²) in [6.07, 6.45) is 4.93. The third-order valence-corrected chi connectivity index (χ3v) is 4.47. The molecule has 0 amide bonds. The van der Waals surface area contributed by atoms with Crippen molar-refractivity contribution in [3.05, 3.63) is 22.4 Å². The maximum Gasteiger partial charge on any atom is 0.114 e. The van der Waals surface area contributed by atoms with Gasteiger partial charge in [0.2, 0.25) is 0 Å². The van der Waals surface area contributed by atoms with Gasteiger partial charge in [-0.25, -0.2) is 0 Å². The second kappa shape index (κ2) is 3.58. The zero-order chi connectivity index (χ0) is 10.3. The molecule has 2 N–H and O–H groups in total. The minimum atomic E-state index is -0.587. The van der Waals surface area contributed by atoms with E-state index in [1.165, 1.54) is 25.7 Å². The Morgan fingerprint density at radius 3 is 2.73 bits per heavy atom. The monoisotopic (exact) mass is 223 g/mol. The van der Waals surface area contributed by atoms with Crippen molar-refractivity contribution in [3.63, 3.8) is 0 Å². The van der Waals surface area contributed by atoms with Gasteiger partial charge in [0.25, 0.3) is 0 Å². The first-order valence-corrected chi connectivity index (χ1v) is 6.67. The average Bonchev–Trinajstić information content (AvgIpc) is 3.14. The second-order valence-electron chi connectivity index (χ2n) is 4.83. The van der Waals surface area contributed by atoms with Crippen molar-refractivity contribution in [2.45, 2.75) is 37.3 Å². The van der Waals surface area contributed by atoms with Crippen molar-refractivity contribution in [1.82, 2.24) is 5.32 Å². The Bertz CT molecular complexity index is 329. The second-order valence-corrected chi connectivity index (χ2v) is 5.78. The molecule has 3 rings (SSSR count). The summed E-state index contributed by atoms with van der Waals surface area (Å²) >= 11 is 1.68. The van der Waals surface area contributed by atoms with E-state index >= 15 is 0 Å². The molecule has 2 aliphatic rings. The summed E-state index contributed by atoms with van der Waals surface area (Å²) in [7, 11) is 0. The molecule has 0 radical (unpaired) electrons. The van der Waals surface area contributed by atoms with Crippen molar-refractivity contribution >= 4 is 11.3 Å². The fourth-order valence-electron chi connectivity index (χ4n) is 2.11. The van der Waals surface area contributed by atoms with Crippen molar-refractivity contribution in [1.29, 1.82) is 0 Å². The van der Waals surface area contributed by atoms with Gasteiger partial charge >= 0.3 is 0 Å². The fourth-order valence-corrected chi connectivity index (χ4v) is 3.01. The maximum atomic E-state index is 10.7. The van der Waals surface area contributed by atoms with Crippen LogP contribution in [-0.2, 0) is 5.60 Å². The van der Waals surface area contributed by atoms with Crippen LogP contribution in [0.1, 0.15) is 30.6 Å². The lowest BCUT2D eigenvalue weighted by atomic mass is 9.95. The molecule has 15 heavy (non-hydrogen) atoms. The van der Waals surface area contributed by atoms with Gasteiger partial charge in [0.1, 0.15) is 5.60 Å². The Balaban J connectivity index is 1.74. The van der Waals surface area contributed by atoms with Crippen LogP contribution < -0.4 is 5.32 Å². The van der Waals surface area contributed by atoms with E-state index < -0.39 is 5.60 Å². The van der Waals surface area contributed by atoms with Gasteiger partial charge in [0.05, 0.1) is 0 Å². The van der Waals surface area contributed by atoms with Gasteiger partial charge in [-0.3, -0.25) is 0 Å². The molecular weight excluding hydrogens is 206 g/mol. The molecule has 0 bridgehead atoms. The third-order valence-electron chi connectivity index (χ3n) is 3.44. The van der Waals surface area contributed by atoms with E-state index in [9.17, 15) is 5.11 Å². The highest BCUT2D eigenvalue weighted by molar-refractivity contribution is 7.10. The molecular formula is C12H17NOS. The lowest BCUT2D eigenvalue weighted by Crippen LogP contribution is -2.40. The topological polar surface area (TPSA) is 32.3 Å². The fraction of sp³-hybridized carbons (Fsp3) is 0.667. The van der Waals surface area contributed by atoms with Gasteiger partial charge in [-0.15, -0.1) is 11.3 Å². The molecule has 1 heterocycles. The maximum absolute atomic E-state index is 10.7.